The Morgan fingerprint density at radius 1 is 1.13 bits per heavy atom. The van der Waals surface area contributed by atoms with Crippen LogP contribution in [-0.2, 0) is 24.9 Å². The van der Waals surface area contributed by atoms with Crippen molar-refractivity contribution in [2.45, 2.75) is 20.0 Å². The van der Waals surface area contributed by atoms with Gasteiger partial charge in [0.25, 0.3) is 5.56 Å². The average Bonchev–Trinajstić information content (AvgIpc) is 3.24. The van der Waals surface area contributed by atoms with Gasteiger partial charge in [-0.3, -0.25) is 18.3 Å². The van der Waals surface area contributed by atoms with Gasteiger partial charge >= 0.3 is 5.69 Å². The number of aryl methyl sites for hydroxylation is 2. The van der Waals surface area contributed by atoms with Crippen LogP contribution in [0.5, 0.6) is 0 Å². The quantitative estimate of drug-likeness (QED) is 0.406. The smallest absolute Gasteiger partial charge is 0.332 e. The van der Waals surface area contributed by atoms with E-state index in [1.54, 1.807) is 11.4 Å². The van der Waals surface area contributed by atoms with Crippen LogP contribution in [0, 0.1) is 6.92 Å². The molecule has 0 atom stereocenters. The summed E-state index contributed by atoms with van der Waals surface area (Å²) in [6.07, 6.45) is 1.84. The minimum absolute atomic E-state index is 0.0344. The summed E-state index contributed by atoms with van der Waals surface area (Å²) in [5, 5.41) is 8.86. The minimum atomic E-state index is -0.411. The van der Waals surface area contributed by atoms with Gasteiger partial charge in [0.15, 0.2) is 11.2 Å². The van der Waals surface area contributed by atoms with E-state index in [4.69, 9.17) is 9.84 Å². The number of benzene rings is 1. The van der Waals surface area contributed by atoms with Gasteiger partial charge in [0.2, 0.25) is 5.78 Å². The Hall–Kier alpha value is -2.69. The van der Waals surface area contributed by atoms with E-state index in [-0.39, 0.29) is 25.3 Å². The van der Waals surface area contributed by atoms with Gasteiger partial charge in [-0.25, -0.2) is 4.79 Å². The molecule has 1 aromatic carbocycles. The van der Waals surface area contributed by atoms with Gasteiger partial charge in [-0.15, -0.1) is 0 Å². The fraction of sp³-hybridized carbons (Fsp3) is 0.350. The Morgan fingerprint density at radius 2 is 1.87 bits per heavy atom. The summed E-state index contributed by atoms with van der Waals surface area (Å²) in [5.74, 6) is 0.573. The first kappa shape index (κ1) is 20.6. The number of ether oxygens (including phenoxy) is 1. The summed E-state index contributed by atoms with van der Waals surface area (Å²) in [6, 6.07) is 7.50. The standard InChI is InChI=1S/C20H22BrN5O4/c1-13-11-25-16-17(22-19(25)24(13)7-9-30-10-8-27)23(2)20(29)26(18(16)28)12-14-3-5-15(21)6-4-14/h3-6,11,27H,7-10,12H2,1-2H3. The number of rotatable bonds is 7. The Balaban J connectivity index is 1.84. The van der Waals surface area contributed by atoms with E-state index in [2.05, 4.69) is 20.9 Å². The molecule has 9 nitrogen and oxygen atoms in total. The third-order valence-corrected chi connectivity index (χ3v) is 5.62. The summed E-state index contributed by atoms with van der Waals surface area (Å²) < 4.78 is 12.6. The minimum Gasteiger partial charge on any atom is -0.394 e. The highest BCUT2D eigenvalue weighted by atomic mass is 79.9. The zero-order valence-electron chi connectivity index (χ0n) is 16.7. The van der Waals surface area contributed by atoms with Crippen LogP contribution in [0.1, 0.15) is 11.3 Å². The van der Waals surface area contributed by atoms with Crippen LogP contribution in [0.25, 0.3) is 16.9 Å². The van der Waals surface area contributed by atoms with Crippen molar-refractivity contribution in [2.75, 3.05) is 19.8 Å². The topological polar surface area (TPSA) is 95.7 Å². The van der Waals surface area contributed by atoms with Gasteiger partial charge in [-0.1, -0.05) is 28.1 Å². The number of fused-ring (bicyclic) bond motifs is 3. The van der Waals surface area contributed by atoms with Crippen molar-refractivity contribution >= 4 is 32.9 Å². The molecule has 0 aliphatic carbocycles. The molecule has 1 N–H and O–H groups in total. The molecule has 0 aliphatic heterocycles. The number of imidazole rings is 2. The molecular formula is C20H22BrN5O4. The van der Waals surface area contributed by atoms with Gasteiger partial charge in [0, 0.05) is 30.0 Å². The Labute approximate surface area is 179 Å². The van der Waals surface area contributed by atoms with Crippen molar-refractivity contribution in [1.82, 2.24) is 23.1 Å². The van der Waals surface area contributed by atoms with Crippen LogP contribution in [0.4, 0.5) is 0 Å². The van der Waals surface area contributed by atoms with Crippen LogP contribution in [-0.4, -0.2) is 48.0 Å². The second-order valence-corrected chi connectivity index (χ2v) is 7.99. The molecule has 4 rings (SSSR count). The monoisotopic (exact) mass is 475 g/mol. The predicted octanol–water partition coefficient (Wildman–Crippen LogP) is 1.28. The molecule has 0 fully saturated rings. The van der Waals surface area contributed by atoms with Crippen molar-refractivity contribution in [3.63, 3.8) is 0 Å². The molecule has 0 saturated heterocycles. The second kappa shape index (κ2) is 8.21. The molecule has 3 heterocycles. The fourth-order valence-corrected chi connectivity index (χ4v) is 3.83. The Bertz CT molecular complexity index is 1330. The molecule has 0 bridgehead atoms. The van der Waals surface area contributed by atoms with E-state index in [1.807, 2.05) is 42.0 Å². The summed E-state index contributed by atoms with van der Waals surface area (Å²) in [4.78, 5) is 30.8. The predicted molar refractivity (Wildman–Crippen MR) is 116 cm³/mol. The fourth-order valence-electron chi connectivity index (χ4n) is 3.57. The molecule has 0 aliphatic rings. The number of halogens is 1. The number of aliphatic hydroxyl groups excluding tert-OH is 1. The number of aliphatic hydroxyl groups is 1. The van der Waals surface area contributed by atoms with Gasteiger partial charge in [0.05, 0.1) is 26.4 Å². The van der Waals surface area contributed by atoms with Crippen molar-refractivity contribution < 1.29 is 9.84 Å². The van der Waals surface area contributed by atoms with Crippen molar-refractivity contribution in [2.24, 2.45) is 7.05 Å². The molecule has 3 aromatic heterocycles. The number of hydrogen-bond donors (Lipinski definition) is 1. The highest BCUT2D eigenvalue weighted by molar-refractivity contribution is 9.10. The first-order valence-corrected chi connectivity index (χ1v) is 10.3. The lowest BCUT2D eigenvalue weighted by molar-refractivity contribution is 0.0872. The highest BCUT2D eigenvalue weighted by Crippen LogP contribution is 2.16. The van der Waals surface area contributed by atoms with Crippen molar-refractivity contribution in [3.05, 3.63) is 67.0 Å². The third kappa shape index (κ3) is 3.51. The van der Waals surface area contributed by atoms with E-state index in [0.717, 1.165) is 15.7 Å². The highest BCUT2D eigenvalue weighted by Gasteiger charge is 2.20. The van der Waals surface area contributed by atoms with Crippen molar-refractivity contribution in [1.29, 1.82) is 0 Å². The summed E-state index contributed by atoms with van der Waals surface area (Å²) >= 11 is 3.39. The second-order valence-electron chi connectivity index (χ2n) is 7.07. The van der Waals surface area contributed by atoms with Crippen LogP contribution in [0.2, 0.25) is 0 Å². The zero-order chi connectivity index (χ0) is 21.4. The summed E-state index contributed by atoms with van der Waals surface area (Å²) in [7, 11) is 1.62. The molecule has 4 aromatic rings. The SMILES string of the molecule is Cc1cn2c3c(=O)n(Cc4ccc(Br)cc4)c(=O)n(C)c3nc2n1CCOCCO. The zero-order valence-corrected chi connectivity index (χ0v) is 18.3. The van der Waals surface area contributed by atoms with E-state index < -0.39 is 5.69 Å². The molecule has 10 heteroatoms. The van der Waals surface area contributed by atoms with E-state index in [1.165, 1.54) is 9.13 Å². The van der Waals surface area contributed by atoms with Crippen LogP contribution in [0.3, 0.4) is 0 Å². The Kier molecular flexibility index (Phi) is 5.63. The lowest BCUT2D eigenvalue weighted by Crippen LogP contribution is -2.39. The Morgan fingerprint density at radius 3 is 2.57 bits per heavy atom. The largest absolute Gasteiger partial charge is 0.394 e. The maximum atomic E-state index is 13.3. The first-order chi connectivity index (χ1) is 14.4. The molecule has 158 valence electrons. The summed E-state index contributed by atoms with van der Waals surface area (Å²) in [6.45, 7) is 3.26. The normalized spacial score (nSPS) is 11.7. The molecule has 0 spiro atoms. The molecular weight excluding hydrogens is 454 g/mol. The van der Waals surface area contributed by atoms with E-state index in [9.17, 15) is 9.59 Å². The molecule has 30 heavy (non-hydrogen) atoms. The van der Waals surface area contributed by atoms with Gasteiger partial charge in [0.1, 0.15) is 0 Å². The maximum Gasteiger partial charge on any atom is 0.332 e. The van der Waals surface area contributed by atoms with Gasteiger partial charge in [-0.05, 0) is 24.6 Å². The van der Waals surface area contributed by atoms with E-state index in [0.29, 0.717) is 30.1 Å². The molecule has 0 saturated carbocycles. The lowest BCUT2D eigenvalue weighted by Gasteiger charge is -2.08. The maximum absolute atomic E-state index is 13.3. The number of nitrogens with zero attached hydrogens (tertiary/aromatic N) is 5. The number of hydrogen-bond acceptors (Lipinski definition) is 5. The number of aromatic nitrogens is 5. The van der Waals surface area contributed by atoms with Crippen LogP contribution < -0.4 is 11.2 Å². The van der Waals surface area contributed by atoms with E-state index >= 15 is 0 Å². The van der Waals surface area contributed by atoms with Crippen LogP contribution in [0.15, 0.2) is 44.5 Å². The molecule has 0 unspecified atom stereocenters. The third-order valence-electron chi connectivity index (χ3n) is 5.09. The lowest BCUT2D eigenvalue weighted by atomic mass is 10.2. The van der Waals surface area contributed by atoms with Crippen LogP contribution >= 0.6 is 15.9 Å². The molecule has 0 radical (unpaired) electrons. The summed E-state index contributed by atoms with van der Waals surface area (Å²) in [5.41, 5.74) is 1.69. The average molecular weight is 476 g/mol. The van der Waals surface area contributed by atoms with Crippen molar-refractivity contribution in [3.8, 4) is 0 Å². The molecule has 0 amide bonds. The first-order valence-electron chi connectivity index (χ1n) is 9.53. The van der Waals surface area contributed by atoms with Gasteiger partial charge < -0.3 is 14.4 Å². The van der Waals surface area contributed by atoms with Gasteiger partial charge in [-0.2, -0.15) is 4.98 Å².